The van der Waals surface area contributed by atoms with Crippen molar-refractivity contribution in [3.63, 3.8) is 0 Å². The molecule has 2 bridgehead atoms. The molecular weight excluding hydrogens is 340 g/mol. The van der Waals surface area contributed by atoms with E-state index in [2.05, 4.69) is 40.0 Å². The normalized spacial score (nSPS) is 17.8. The van der Waals surface area contributed by atoms with Crippen LogP contribution in [0.1, 0.15) is 24.2 Å². The molecule has 27 heavy (non-hydrogen) atoms. The molecule has 2 aromatic rings. The number of likely N-dealkylation sites (N-methyl/N-ethyl adjacent to an activating group) is 1. The highest BCUT2D eigenvalue weighted by atomic mass is 16.2. The monoisotopic (exact) mass is 370 g/mol. The second-order valence-electron chi connectivity index (χ2n) is 7.39. The van der Waals surface area contributed by atoms with Crippen molar-refractivity contribution in [3.05, 3.63) is 42.1 Å². The maximum absolute atomic E-state index is 12.7. The Kier molecular flexibility index (Phi) is 6.45. The second-order valence-corrected chi connectivity index (χ2v) is 7.39. The molecule has 0 spiro atoms. The van der Waals surface area contributed by atoms with E-state index in [-0.39, 0.29) is 5.91 Å². The van der Waals surface area contributed by atoms with Crippen LogP contribution in [0.4, 0.5) is 5.82 Å². The van der Waals surface area contributed by atoms with Crippen LogP contribution in [0.25, 0.3) is 0 Å². The number of hydrogen-bond acceptors (Lipinski definition) is 5. The van der Waals surface area contributed by atoms with Gasteiger partial charge in [0.15, 0.2) is 0 Å². The predicted molar refractivity (Wildman–Crippen MR) is 107 cm³/mol. The minimum atomic E-state index is 0.175. The molecule has 0 fully saturated rings. The molecule has 7 nitrogen and oxygen atoms in total. The number of hydrogen-bond donors (Lipinski definition) is 0. The van der Waals surface area contributed by atoms with Gasteiger partial charge in [-0.05, 0) is 37.9 Å². The number of aromatic nitrogens is 3. The van der Waals surface area contributed by atoms with Crippen LogP contribution in [0.5, 0.6) is 0 Å². The molecule has 0 unspecified atom stereocenters. The van der Waals surface area contributed by atoms with Gasteiger partial charge in [0, 0.05) is 52.7 Å². The number of nitrogens with zero attached hydrogens (tertiary/aromatic N) is 6. The number of carbonyl (C=O) groups is 1. The highest BCUT2D eigenvalue weighted by Gasteiger charge is 2.17. The number of aryl methyl sites for hydroxylation is 2. The van der Waals surface area contributed by atoms with Crippen molar-refractivity contribution in [1.82, 2.24) is 24.3 Å². The quantitative estimate of drug-likeness (QED) is 0.803. The molecule has 3 rings (SSSR count). The van der Waals surface area contributed by atoms with Gasteiger partial charge in [0.1, 0.15) is 5.82 Å². The Hall–Kier alpha value is -2.41. The van der Waals surface area contributed by atoms with Crippen molar-refractivity contribution in [2.45, 2.75) is 25.8 Å². The Morgan fingerprint density at radius 3 is 2.63 bits per heavy atom. The van der Waals surface area contributed by atoms with E-state index in [1.165, 1.54) is 0 Å². The molecule has 0 atom stereocenters. The first-order valence-electron chi connectivity index (χ1n) is 9.61. The minimum absolute atomic E-state index is 0.175. The summed E-state index contributed by atoms with van der Waals surface area (Å²) in [6, 6.07) is 6.23. The zero-order valence-corrected chi connectivity index (χ0v) is 16.6. The van der Waals surface area contributed by atoms with Crippen LogP contribution >= 0.6 is 0 Å². The van der Waals surface area contributed by atoms with Crippen molar-refractivity contribution >= 4 is 11.7 Å². The first kappa shape index (κ1) is 19.4. The molecule has 1 amide bonds. The van der Waals surface area contributed by atoms with Gasteiger partial charge in [-0.3, -0.25) is 9.69 Å². The Morgan fingerprint density at radius 1 is 1.04 bits per heavy atom. The van der Waals surface area contributed by atoms with Crippen LogP contribution < -0.4 is 4.90 Å². The smallest absolute Gasteiger partial charge is 0.236 e. The van der Waals surface area contributed by atoms with Gasteiger partial charge in [-0.2, -0.15) is 0 Å². The molecule has 2 aromatic heterocycles. The first-order valence-corrected chi connectivity index (χ1v) is 9.61. The molecule has 3 heterocycles. The van der Waals surface area contributed by atoms with Gasteiger partial charge in [0.25, 0.3) is 0 Å². The first-order chi connectivity index (χ1) is 13.0. The maximum atomic E-state index is 12.7. The number of anilines is 1. The van der Waals surface area contributed by atoms with Gasteiger partial charge >= 0.3 is 0 Å². The Bertz CT molecular complexity index is 758. The van der Waals surface area contributed by atoms with Crippen LogP contribution in [0, 0.1) is 0 Å². The molecular formula is C20H30N6O. The Morgan fingerprint density at radius 2 is 1.85 bits per heavy atom. The Labute approximate surface area is 161 Å². The van der Waals surface area contributed by atoms with E-state index in [1.807, 2.05) is 29.8 Å². The molecule has 0 N–H and O–H groups in total. The zero-order chi connectivity index (χ0) is 19.2. The molecule has 0 aromatic carbocycles. The summed E-state index contributed by atoms with van der Waals surface area (Å²) >= 11 is 0. The lowest BCUT2D eigenvalue weighted by molar-refractivity contribution is -0.131. The summed E-state index contributed by atoms with van der Waals surface area (Å²) < 4.78 is 2.01. The van der Waals surface area contributed by atoms with E-state index in [0.717, 1.165) is 62.6 Å². The summed E-state index contributed by atoms with van der Waals surface area (Å²) in [7, 11) is 5.96. The third-order valence-corrected chi connectivity index (χ3v) is 5.16. The fraction of sp³-hybridized carbons (Fsp3) is 0.550. The van der Waals surface area contributed by atoms with E-state index in [4.69, 9.17) is 4.98 Å². The van der Waals surface area contributed by atoms with E-state index < -0.39 is 0 Å². The van der Waals surface area contributed by atoms with Crippen molar-refractivity contribution in [2.24, 2.45) is 7.05 Å². The van der Waals surface area contributed by atoms with Gasteiger partial charge in [0.05, 0.1) is 18.6 Å². The lowest BCUT2D eigenvalue weighted by Crippen LogP contribution is -2.40. The number of rotatable bonds is 2. The van der Waals surface area contributed by atoms with E-state index in [0.29, 0.717) is 6.54 Å². The number of imidazole rings is 1. The molecule has 146 valence electrons. The van der Waals surface area contributed by atoms with Crippen molar-refractivity contribution in [1.29, 1.82) is 0 Å². The summed E-state index contributed by atoms with van der Waals surface area (Å²) in [6.07, 6.45) is 6.48. The highest BCUT2D eigenvalue weighted by Crippen LogP contribution is 2.13. The van der Waals surface area contributed by atoms with Gasteiger partial charge in [-0.1, -0.05) is 6.07 Å². The lowest BCUT2D eigenvalue weighted by atomic mass is 10.2. The number of pyridine rings is 1. The molecule has 0 saturated heterocycles. The third-order valence-electron chi connectivity index (χ3n) is 5.16. The van der Waals surface area contributed by atoms with Crippen molar-refractivity contribution < 1.29 is 4.79 Å². The van der Waals surface area contributed by atoms with E-state index in [1.54, 1.807) is 6.33 Å². The van der Waals surface area contributed by atoms with E-state index >= 15 is 0 Å². The lowest BCUT2D eigenvalue weighted by Gasteiger charge is -2.27. The summed E-state index contributed by atoms with van der Waals surface area (Å²) in [5, 5.41) is 0. The average molecular weight is 371 g/mol. The van der Waals surface area contributed by atoms with Crippen LogP contribution in [-0.4, -0.2) is 70.5 Å². The van der Waals surface area contributed by atoms with Crippen LogP contribution in [0.15, 0.2) is 30.7 Å². The third kappa shape index (κ3) is 5.29. The van der Waals surface area contributed by atoms with Crippen molar-refractivity contribution in [2.75, 3.05) is 45.2 Å². The number of fused-ring (bicyclic) bond motifs is 2. The van der Waals surface area contributed by atoms with Crippen molar-refractivity contribution in [3.8, 4) is 0 Å². The molecule has 0 aliphatic carbocycles. The fourth-order valence-corrected chi connectivity index (χ4v) is 3.38. The minimum Gasteiger partial charge on any atom is -0.360 e. The largest absolute Gasteiger partial charge is 0.360 e. The summed E-state index contributed by atoms with van der Waals surface area (Å²) in [6.45, 7) is 3.65. The van der Waals surface area contributed by atoms with Gasteiger partial charge in [-0.25, -0.2) is 9.97 Å². The summed E-state index contributed by atoms with van der Waals surface area (Å²) in [5.41, 5.74) is 2.23. The molecule has 1 aliphatic rings. The fourth-order valence-electron chi connectivity index (χ4n) is 3.38. The van der Waals surface area contributed by atoms with Crippen LogP contribution in [-0.2, 0) is 24.8 Å². The standard InChI is InChI=1S/C20H30N6O/c1-23-10-6-11-24(2)20(27)15-26(14-18-13-21-16-25(18)3)12-5-8-17-7-4-9-19(23)22-17/h4,7,9,13,16H,5-6,8,10-12,14-15H2,1-3H3. The predicted octanol–water partition coefficient (Wildman–Crippen LogP) is 1.55. The SMILES string of the molecule is CN1CCCN(C)c2cccc(n2)CCCN(Cc2cncn2C)CC1=O. The molecule has 7 heteroatoms. The van der Waals surface area contributed by atoms with E-state index in [9.17, 15) is 4.79 Å². The number of carbonyl (C=O) groups excluding carboxylic acids is 1. The van der Waals surface area contributed by atoms with Gasteiger partial charge in [0.2, 0.25) is 5.91 Å². The molecule has 1 aliphatic heterocycles. The summed E-state index contributed by atoms with van der Waals surface area (Å²) in [5.74, 6) is 1.18. The van der Waals surface area contributed by atoms with Gasteiger partial charge in [-0.15, -0.1) is 0 Å². The summed E-state index contributed by atoms with van der Waals surface area (Å²) in [4.78, 5) is 27.9. The second kappa shape index (κ2) is 8.99. The average Bonchev–Trinajstić information content (AvgIpc) is 3.05. The van der Waals surface area contributed by atoms with Gasteiger partial charge < -0.3 is 14.4 Å². The Balaban J connectivity index is 1.75. The van der Waals surface area contributed by atoms with Crippen LogP contribution in [0.3, 0.4) is 0 Å². The molecule has 0 radical (unpaired) electrons. The number of amides is 1. The zero-order valence-electron chi connectivity index (χ0n) is 16.6. The highest BCUT2D eigenvalue weighted by molar-refractivity contribution is 5.77. The maximum Gasteiger partial charge on any atom is 0.236 e. The topological polar surface area (TPSA) is 57.5 Å². The van der Waals surface area contributed by atoms with Crippen LogP contribution in [0.2, 0.25) is 0 Å². The molecule has 0 saturated carbocycles.